The summed E-state index contributed by atoms with van der Waals surface area (Å²) in [6.07, 6.45) is 0.930. The Bertz CT molecular complexity index is 643. The monoisotopic (exact) mass is 322 g/mol. The molecule has 1 unspecified atom stereocenters. The number of fused-ring (bicyclic) bond motifs is 1. The third kappa shape index (κ3) is 3.59. The lowest BCUT2D eigenvalue weighted by Gasteiger charge is -2.19. The van der Waals surface area contributed by atoms with Crippen molar-refractivity contribution in [2.45, 2.75) is 11.3 Å². The summed E-state index contributed by atoms with van der Waals surface area (Å²) in [5, 5.41) is 2.19. The minimum Gasteiger partial charge on any atom is -0.377 e. The molecule has 0 aromatic heterocycles. The summed E-state index contributed by atoms with van der Waals surface area (Å²) in [4.78, 5) is 2.96. The highest BCUT2D eigenvalue weighted by Gasteiger charge is 2.14. The number of rotatable bonds is 6. The van der Waals surface area contributed by atoms with Gasteiger partial charge in [0.25, 0.3) is 0 Å². The van der Waals surface area contributed by atoms with Gasteiger partial charge in [-0.3, -0.25) is 0 Å². The van der Waals surface area contributed by atoms with Crippen LogP contribution in [-0.4, -0.2) is 42.0 Å². The third-order valence-electron chi connectivity index (χ3n) is 3.44. The van der Waals surface area contributed by atoms with E-state index >= 15 is 0 Å². The molecule has 3 nitrogen and oxygen atoms in total. The van der Waals surface area contributed by atoms with E-state index in [9.17, 15) is 4.21 Å². The Balaban J connectivity index is 2.45. The van der Waals surface area contributed by atoms with Crippen LogP contribution in [0.1, 0.15) is 6.42 Å². The third-order valence-corrected chi connectivity index (χ3v) is 5.24. The van der Waals surface area contributed by atoms with Gasteiger partial charge in [-0.2, -0.15) is 12.6 Å². The molecule has 2 aromatic carbocycles. The first-order valence-corrected chi connectivity index (χ1v) is 8.73. The van der Waals surface area contributed by atoms with Crippen molar-refractivity contribution in [2.24, 2.45) is 0 Å². The molecule has 0 saturated heterocycles. The molecule has 0 saturated carbocycles. The van der Waals surface area contributed by atoms with Gasteiger partial charge in [0.05, 0.1) is 4.90 Å². The van der Waals surface area contributed by atoms with Crippen molar-refractivity contribution in [1.82, 2.24) is 4.31 Å². The van der Waals surface area contributed by atoms with E-state index in [4.69, 9.17) is 0 Å². The molecule has 1 atom stereocenters. The Kier molecular flexibility index (Phi) is 5.67. The van der Waals surface area contributed by atoms with Crippen LogP contribution in [0.25, 0.3) is 10.8 Å². The average Bonchev–Trinajstić information content (AvgIpc) is 2.50. The lowest BCUT2D eigenvalue weighted by atomic mass is 10.1. The van der Waals surface area contributed by atoms with E-state index in [0.29, 0.717) is 0 Å². The SMILES string of the molecule is CN(C)c1cccc2c(S(=O)N(C)CCCS)cccc12. The van der Waals surface area contributed by atoms with Crippen molar-refractivity contribution < 1.29 is 4.21 Å². The van der Waals surface area contributed by atoms with E-state index in [-0.39, 0.29) is 0 Å². The molecule has 0 aliphatic carbocycles. The molecule has 0 aliphatic rings. The van der Waals surface area contributed by atoms with Crippen LogP contribution in [0.5, 0.6) is 0 Å². The Morgan fingerprint density at radius 2 is 1.71 bits per heavy atom. The molecule has 0 N–H and O–H groups in total. The van der Waals surface area contributed by atoms with E-state index in [1.807, 2.05) is 49.7 Å². The second-order valence-electron chi connectivity index (χ2n) is 5.20. The second kappa shape index (κ2) is 7.29. The lowest BCUT2D eigenvalue weighted by molar-refractivity contribution is 0.522. The molecule has 0 aliphatic heterocycles. The van der Waals surface area contributed by atoms with Gasteiger partial charge in [-0.15, -0.1) is 0 Å². The average molecular weight is 322 g/mol. The molecule has 0 spiro atoms. The maximum Gasteiger partial charge on any atom is 0.127 e. The molecular weight excluding hydrogens is 300 g/mol. The normalized spacial score (nSPS) is 12.8. The summed E-state index contributed by atoms with van der Waals surface area (Å²) in [6.45, 7) is 0.778. The standard InChI is InChI=1S/C16H22N2OS2/c1-17(2)15-9-4-8-14-13(15)7-5-10-16(14)21(19)18(3)11-6-12-20/h4-5,7-10,20H,6,11-12H2,1-3H3. The highest BCUT2D eigenvalue weighted by atomic mass is 32.2. The van der Waals surface area contributed by atoms with Crippen LogP contribution in [0.3, 0.4) is 0 Å². The van der Waals surface area contributed by atoms with Gasteiger partial charge >= 0.3 is 0 Å². The van der Waals surface area contributed by atoms with Crippen molar-refractivity contribution in [3.63, 3.8) is 0 Å². The van der Waals surface area contributed by atoms with Crippen molar-refractivity contribution in [3.05, 3.63) is 36.4 Å². The predicted octanol–water partition coefficient (Wildman–Crippen LogP) is 3.18. The number of hydrogen-bond acceptors (Lipinski definition) is 3. The molecule has 0 amide bonds. The number of nitrogens with zero attached hydrogens (tertiary/aromatic N) is 2. The minimum atomic E-state index is -1.14. The van der Waals surface area contributed by atoms with Gasteiger partial charge in [0.1, 0.15) is 11.0 Å². The van der Waals surface area contributed by atoms with E-state index in [2.05, 4.69) is 29.7 Å². The predicted molar refractivity (Wildman–Crippen MR) is 95.8 cm³/mol. The zero-order chi connectivity index (χ0) is 15.4. The maximum absolute atomic E-state index is 12.7. The molecule has 5 heteroatoms. The summed E-state index contributed by atoms with van der Waals surface area (Å²) in [6, 6.07) is 12.2. The van der Waals surface area contributed by atoms with Gasteiger partial charge in [0.2, 0.25) is 0 Å². The van der Waals surface area contributed by atoms with Crippen molar-refractivity contribution in [3.8, 4) is 0 Å². The maximum atomic E-state index is 12.7. The molecule has 0 bridgehead atoms. The van der Waals surface area contributed by atoms with E-state index in [0.717, 1.165) is 40.1 Å². The van der Waals surface area contributed by atoms with Crippen molar-refractivity contribution >= 4 is 40.1 Å². The fraction of sp³-hybridized carbons (Fsp3) is 0.375. The van der Waals surface area contributed by atoms with Crippen molar-refractivity contribution in [2.75, 3.05) is 38.3 Å². The fourth-order valence-electron chi connectivity index (χ4n) is 2.35. The first kappa shape index (κ1) is 16.3. The Hall–Kier alpha value is -1.04. The van der Waals surface area contributed by atoms with Gasteiger partial charge in [0.15, 0.2) is 0 Å². The number of anilines is 1. The number of benzene rings is 2. The molecule has 2 rings (SSSR count). The van der Waals surface area contributed by atoms with Crippen LogP contribution in [0.2, 0.25) is 0 Å². The van der Waals surface area contributed by atoms with Crippen LogP contribution in [0, 0.1) is 0 Å². The number of hydrogen-bond donors (Lipinski definition) is 1. The highest BCUT2D eigenvalue weighted by Crippen LogP contribution is 2.30. The first-order chi connectivity index (χ1) is 10.1. The summed E-state index contributed by atoms with van der Waals surface area (Å²) in [5.74, 6) is 0.807. The zero-order valence-electron chi connectivity index (χ0n) is 12.7. The van der Waals surface area contributed by atoms with Crippen LogP contribution in [0.4, 0.5) is 5.69 Å². The van der Waals surface area contributed by atoms with Gasteiger partial charge in [0, 0.05) is 44.1 Å². The van der Waals surface area contributed by atoms with E-state index < -0.39 is 11.0 Å². The van der Waals surface area contributed by atoms with Crippen LogP contribution in [-0.2, 0) is 11.0 Å². The quantitative estimate of drug-likeness (QED) is 0.826. The van der Waals surface area contributed by atoms with Crippen molar-refractivity contribution in [1.29, 1.82) is 0 Å². The highest BCUT2D eigenvalue weighted by molar-refractivity contribution is 7.83. The summed E-state index contributed by atoms with van der Waals surface area (Å²) >= 11 is 4.21. The van der Waals surface area contributed by atoms with Crippen LogP contribution < -0.4 is 4.90 Å². The first-order valence-electron chi connectivity index (χ1n) is 6.99. The molecule has 0 radical (unpaired) electrons. The molecular formula is C16H22N2OS2. The molecule has 2 aromatic rings. The summed E-state index contributed by atoms with van der Waals surface area (Å²) in [5.41, 5.74) is 1.14. The second-order valence-corrected chi connectivity index (χ2v) is 7.21. The topological polar surface area (TPSA) is 23.6 Å². The van der Waals surface area contributed by atoms with E-state index in [1.54, 1.807) is 0 Å². The minimum absolute atomic E-state index is 0.778. The van der Waals surface area contributed by atoms with Crippen LogP contribution in [0.15, 0.2) is 41.3 Å². The van der Waals surface area contributed by atoms with Gasteiger partial charge in [-0.1, -0.05) is 24.3 Å². The largest absolute Gasteiger partial charge is 0.377 e. The fourth-order valence-corrected chi connectivity index (χ4v) is 3.68. The Labute approximate surface area is 134 Å². The van der Waals surface area contributed by atoms with Gasteiger partial charge < -0.3 is 4.90 Å². The summed E-state index contributed by atoms with van der Waals surface area (Å²) in [7, 11) is 4.80. The molecule has 0 fully saturated rings. The van der Waals surface area contributed by atoms with E-state index in [1.165, 1.54) is 0 Å². The van der Waals surface area contributed by atoms with Crippen LogP contribution >= 0.6 is 12.6 Å². The Morgan fingerprint density at radius 1 is 1.05 bits per heavy atom. The Morgan fingerprint density at radius 3 is 2.38 bits per heavy atom. The smallest absolute Gasteiger partial charge is 0.127 e. The molecule has 21 heavy (non-hydrogen) atoms. The van der Waals surface area contributed by atoms with Gasteiger partial charge in [-0.05, 0) is 24.3 Å². The number of thiol groups is 1. The molecule has 0 heterocycles. The van der Waals surface area contributed by atoms with Gasteiger partial charge in [-0.25, -0.2) is 8.51 Å². The lowest BCUT2D eigenvalue weighted by Crippen LogP contribution is -2.23. The molecule has 114 valence electrons. The summed E-state index contributed by atoms with van der Waals surface area (Å²) < 4.78 is 14.6. The zero-order valence-corrected chi connectivity index (χ0v) is 14.5.